The van der Waals surface area contributed by atoms with E-state index in [0.29, 0.717) is 35.1 Å². The number of primary amides is 2. The van der Waals surface area contributed by atoms with Gasteiger partial charge in [0.15, 0.2) is 17.9 Å². The Morgan fingerprint density at radius 1 is 0.583 bits per heavy atom. The van der Waals surface area contributed by atoms with Gasteiger partial charge in [0.2, 0.25) is 59.1 Å². The van der Waals surface area contributed by atoms with Crippen LogP contribution in [0.4, 0.5) is 5.69 Å². The lowest BCUT2D eigenvalue weighted by Gasteiger charge is -2.28. The van der Waals surface area contributed by atoms with Crippen LogP contribution in [0.25, 0.3) is 11.0 Å². The Bertz CT molecular complexity index is 3530. The predicted octanol–water partition coefficient (Wildman–Crippen LogP) is -6.17. The highest BCUT2D eigenvalue weighted by Gasteiger charge is 2.35. The first-order valence-corrected chi connectivity index (χ1v) is 34.8. The van der Waals surface area contributed by atoms with Gasteiger partial charge in [0.1, 0.15) is 65.4 Å². The summed E-state index contributed by atoms with van der Waals surface area (Å²) in [6.07, 6.45) is 3.14. The van der Waals surface area contributed by atoms with Gasteiger partial charge in [-0.3, -0.25) is 73.4 Å². The van der Waals surface area contributed by atoms with Crippen molar-refractivity contribution in [3.05, 3.63) is 82.0 Å². The van der Waals surface area contributed by atoms with Crippen molar-refractivity contribution in [3.8, 4) is 5.75 Å². The first-order valence-electron chi connectivity index (χ1n) is 33.4. The highest BCUT2D eigenvalue weighted by atomic mass is 32.2. The van der Waals surface area contributed by atoms with Crippen molar-refractivity contribution in [2.75, 3.05) is 57.3 Å². The zero-order chi connectivity index (χ0) is 76.1. The fourth-order valence-electron chi connectivity index (χ4n) is 10.3. The molecule has 103 heavy (non-hydrogen) atoms. The van der Waals surface area contributed by atoms with Crippen LogP contribution in [-0.2, 0) is 54.4 Å². The molecule has 32 N–H and O–H groups in total. The normalized spacial score (nSPS) is 14.1. The minimum Gasteiger partial charge on any atom is -0.508 e. The quantitative estimate of drug-likeness (QED) is 0.00625. The highest BCUT2D eigenvalue weighted by molar-refractivity contribution is 7.98. The Balaban J connectivity index is 1.52. The fourth-order valence-corrected chi connectivity index (χ4v) is 10.8. The molecule has 1 aliphatic heterocycles. The molecule has 4 rings (SSSR count). The van der Waals surface area contributed by atoms with Gasteiger partial charge in [0.05, 0.1) is 6.17 Å². The van der Waals surface area contributed by atoms with Gasteiger partial charge in [-0.25, -0.2) is 10.2 Å². The molecule has 0 unspecified atom stereocenters. The summed E-state index contributed by atoms with van der Waals surface area (Å²) in [6.45, 7) is 1.63. The summed E-state index contributed by atoms with van der Waals surface area (Å²) >= 11 is 1.31. The molecule has 568 valence electrons. The van der Waals surface area contributed by atoms with Crippen LogP contribution in [0.15, 0.2) is 84.6 Å². The number of nitrogens with two attached hydrogens (primary N) is 9. The van der Waals surface area contributed by atoms with Crippen molar-refractivity contribution in [2.45, 2.75) is 158 Å². The zero-order valence-electron chi connectivity index (χ0n) is 58.3. The number of phenolic OH excluding ortho intramolecular Hbond substituents is 1. The number of carbonyl (C=O) groups excluding carboxylic acids is 10. The number of hydrazine groups is 3. The zero-order valence-corrected chi connectivity index (χ0v) is 59.1. The molecule has 0 saturated carbocycles. The molecule has 2 heterocycles. The average Bonchev–Trinajstić information content (AvgIpc) is 1.71. The Morgan fingerprint density at radius 3 is 1.56 bits per heavy atom. The number of unbranched alkanes of at least 4 members (excludes halogenated alkanes) is 1. The van der Waals surface area contributed by atoms with Crippen molar-refractivity contribution < 1.29 is 57.5 Å². The number of aliphatic imine (C=N–C) groups is 3. The summed E-state index contributed by atoms with van der Waals surface area (Å²) in [5, 5.41) is 36.4. The second kappa shape index (κ2) is 44.6. The average molecular weight is 1460 g/mol. The third-order valence-corrected chi connectivity index (χ3v) is 16.5. The number of hydrogen-bond donors (Lipinski definition) is 23. The lowest BCUT2D eigenvalue weighted by Crippen LogP contribution is -2.60. The van der Waals surface area contributed by atoms with Gasteiger partial charge in [-0.2, -0.15) is 11.8 Å². The SMILES string of the molecule is CNC(NC)c1ccc2cc(N3C=C(CCC(=O)NN[C@H](CCCN=C(N)N)C(=O)N[C@@H](C)C(=O)N[C@H](CCCCN)C(=O)N[C@@H](CCCN=C(N)N)C(=O)N[C@H](CCCN=C(N)N)C(=O)N[C@@H](CCSC)C(=O)N[C@H](CCC(N)=O)C(=O)N[C@@H](Cc4ccc(O)cc4)C(N)=O)NN3)c(=O)oc2c1. The molecule has 0 radical (unpaired) electrons. The largest absolute Gasteiger partial charge is 0.508 e. The lowest BCUT2D eigenvalue weighted by atomic mass is 10.0. The third-order valence-electron chi connectivity index (χ3n) is 15.9. The smallest absolute Gasteiger partial charge is 0.361 e. The number of nitrogens with zero attached hydrogens (tertiary/aromatic N) is 4. The molecule has 0 bridgehead atoms. The predicted molar refractivity (Wildman–Crippen MR) is 389 cm³/mol. The van der Waals surface area contributed by atoms with E-state index in [0.717, 1.165) is 5.56 Å². The molecular formula is C63H102N26O13S. The summed E-state index contributed by atoms with van der Waals surface area (Å²) in [4.78, 5) is 163. The number of phenols is 1. The summed E-state index contributed by atoms with van der Waals surface area (Å²) in [5.74, 6) is -8.86. The number of carbonyl (C=O) groups is 10. The standard InChI is InChI=1S/C63H102N26O13S/c1-34(78-59(100)45(13-9-28-77-63(71)72)86-87-50(92)23-18-38-33-89(88-85-38)47-31-36-16-17-37(52(73-2)74-3)32-48(36)102-60(47)101)53(94)79-40(10-5-6-25-64)54(95)80-41(11-7-26-75-61(67)68)55(96)81-42(12-8-27-76-62(69)70)56(97)83-44(24-29-103-4)58(99)82-43(21-22-49(65)91)57(98)84-46(51(66)93)30-35-14-19-39(90)20-15-35/h14-17,19-20,31-34,40-46,52,73-74,85-86,88,90H,5-13,18,21-30,64H2,1-4H3,(H2,65,91)(H2,66,93)(H,78,100)(H,79,94)(H,80,95)(H,81,96)(H,82,99)(H,83,97)(H,84,98)(H,87,92)(H4,67,68,75)(H4,69,70,76)(H4,71,72,77)/t34-,40+,41-,42+,43+,44-,45+,46-/m0/s1. The van der Waals surface area contributed by atoms with Crippen LogP contribution < -0.4 is 132 Å². The molecule has 0 spiro atoms. The molecule has 39 nitrogen and oxygen atoms in total. The fraction of sp³-hybridized carbons (Fsp3) is 0.524. The summed E-state index contributed by atoms with van der Waals surface area (Å²) in [6, 6.07) is 1.92. The van der Waals surface area contributed by atoms with E-state index in [1.54, 1.807) is 38.7 Å². The number of anilines is 1. The number of fused-ring (bicyclic) bond motifs is 1. The second-order valence-electron chi connectivity index (χ2n) is 24.0. The van der Waals surface area contributed by atoms with Crippen LogP contribution in [0.5, 0.6) is 5.75 Å². The maximum atomic E-state index is 14.6. The minimum absolute atomic E-state index is 0.0139. The van der Waals surface area contributed by atoms with Crippen molar-refractivity contribution in [1.29, 1.82) is 0 Å². The molecule has 1 aromatic heterocycles. The monoisotopic (exact) mass is 1460 g/mol. The molecule has 1 aliphatic rings. The molecule has 8 atom stereocenters. The van der Waals surface area contributed by atoms with E-state index >= 15 is 0 Å². The van der Waals surface area contributed by atoms with Gasteiger partial charge < -0.3 is 114 Å². The van der Waals surface area contributed by atoms with E-state index in [2.05, 4.69) is 84.6 Å². The molecular weight excluding hydrogens is 1360 g/mol. The molecule has 40 heteroatoms. The number of nitrogens with one attached hydrogen (secondary N) is 13. The number of hydrogen-bond acceptors (Lipinski definition) is 24. The Hall–Kier alpha value is -10.6. The van der Waals surface area contributed by atoms with Gasteiger partial charge in [0, 0.05) is 56.2 Å². The summed E-state index contributed by atoms with van der Waals surface area (Å²) in [7, 11) is 3.58. The lowest BCUT2D eigenvalue weighted by molar-refractivity contribution is -0.136. The van der Waals surface area contributed by atoms with E-state index in [1.807, 2.05) is 12.1 Å². The molecule has 0 aliphatic carbocycles. The maximum Gasteiger partial charge on any atom is 0.361 e. The van der Waals surface area contributed by atoms with Gasteiger partial charge in [-0.1, -0.05) is 24.3 Å². The number of guanidine groups is 3. The van der Waals surface area contributed by atoms with Gasteiger partial charge >= 0.3 is 5.63 Å². The summed E-state index contributed by atoms with van der Waals surface area (Å²) < 4.78 is 5.66. The Labute approximate surface area is 599 Å². The van der Waals surface area contributed by atoms with E-state index in [-0.39, 0.29) is 144 Å². The number of thioether (sulfide) groups is 1. The Kier molecular flexibility index (Phi) is 36.8. The molecule has 0 saturated heterocycles. The van der Waals surface area contributed by atoms with Crippen molar-refractivity contribution in [2.24, 2.45) is 66.6 Å². The number of rotatable bonds is 48. The van der Waals surface area contributed by atoms with Crippen molar-refractivity contribution in [1.82, 2.24) is 69.7 Å². The number of allylic oxidation sites excluding steroid dienone is 1. The van der Waals surface area contributed by atoms with Crippen LogP contribution in [-0.4, -0.2) is 183 Å². The molecule has 10 amide bonds. The van der Waals surface area contributed by atoms with E-state index in [9.17, 15) is 57.8 Å². The minimum atomic E-state index is -1.50. The number of benzene rings is 2. The van der Waals surface area contributed by atoms with Crippen LogP contribution in [0.1, 0.15) is 114 Å². The second-order valence-corrected chi connectivity index (χ2v) is 25.0. The topological polar surface area (TPSA) is 652 Å². The first-order chi connectivity index (χ1) is 49.0. The van der Waals surface area contributed by atoms with E-state index in [4.69, 9.17) is 56.0 Å². The van der Waals surface area contributed by atoms with Crippen molar-refractivity contribution in [3.63, 3.8) is 0 Å². The highest BCUT2D eigenvalue weighted by Crippen LogP contribution is 2.24. The van der Waals surface area contributed by atoms with Crippen molar-refractivity contribution >= 4 is 105 Å². The number of aromatic hydroxyl groups is 1. The Morgan fingerprint density at radius 2 is 1.07 bits per heavy atom. The van der Waals surface area contributed by atoms with Crippen LogP contribution >= 0.6 is 11.8 Å². The van der Waals surface area contributed by atoms with Crippen LogP contribution in [0.2, 0.25) is 0 Å². The molecule has 2 aromatic carbocycles. The van der Waals surface area contributed by atoms with Gasteiger partial charge in [-0.05, 0) is 152 Å². The first kappa shape index (κ1) is 84.9. The van der Waals surface area contributed by atoms with Gasteiger partial charge in [-0.15, -0.1) is 5.53 Å². The molecule has 0 fully saturated rings. The van der Waals surface area contributed by atoms with Crippen LogP contribution in [0.3, 0.4) is 0 Å². The number of amides is 10. The van der Waals surface area contributed by atoms with E-state index in [1.165, 1.54) is 48.0 Å². The van der Waals surface area contributed by atoms with Crippen LogP contribution in [0, 0.1) is 0 Å². The van der Waals surface area contributed by atoms with E-state index < -0.39 is 119 Å². The summed E-state index contributed by atoms with van der Waals surface area (Å²) in [5.41, 5.74) is 63.2. The third kappa shape index (κ3) is 30.7. The maximum absolute atomic E-state index is 14.6. The molecule has 3 aromatic rings. The van der Waals surface area contributed by atoms with Gasteiger partial charge in [0.25, 0.3) is 0 Å².